The minimum atomic E-state index is 0.154. The monoisotopic (exact) mass is 764 g/mol. The van der Waals surface area contributed by atoms with Crippen LogP contribution in [-0.2, 0) is 0 Å². The number of benzene rings is 4. The standard InChI is InChI=1S/C48H64N2O6/c1-3-5-7-9-11-15-33-55-45-25-19-39(47(51)35-45)37-49-41-21-27-43(28-22-41)53-31-17-13-14-18-32-54-44-29-23-42(24-30-44)50-38-40-20-26-46(36-48(40)52)56-34-16-12-10-8-6-4-2/h19-30,35-38,51-52H,3-18,31-34H2,1-2H3. The van der Waals surface area contributed by atoms with Crippen LogP contribution in [0.1, 0.15) is 128 Å². The SMILES string of the molecule is CCCCCCCCOc1ccc(C=Nc2ccc(OCCCCCCOc3ccc(N=Cc4ccc(OCCCCCCCC)cc4O)cc3)cc2)c(O)c1. The van der Waals surface area contributed by atoms with E-state index in [1.807, 2.05) is 72.8 Å². The van der Waals surface area contributed by atoms with Crippen LogP contribution in [0.5, 0.6) is 34.5 Å². The van der Waals surface area contributed by atoms with Crippen LogP contribution in [0, 0.1) is 0 Å². The minimum Gasteiger partial charge on any atom is -0.507 e. The van der Waals surface area contributed by atoms with E-state index in [2.05, 4.69) is 23.8 Å². The van der Waals surface area contributed by atoms with Crippen molar-refractivity contribution in [1.29, 1.82) is 0 Å². The molecule has 8 heteroatoms. The van der Waals surface area contributed by atoms with E-state index < -0.39 is 0 Å². The van der Waals surface area contributed by atoms with Gasteiger partial charge in [-0.15, -0.1) is 0 Å². The molecule has 4 rings (SSSR count). The van der Waals surface area contributed by atoms with Gasteiger partial charge < -0.3 is 29.2 Å². The maximum atomic E-state index is 10.4. The molecule has 4 aromatic rings. The van der Waals surface area contributed by atoms with Crippen LogP contribution >= 0.6 is 0 Å². The van der Waals surface area contributed by atoms with E-state index in [1.54, 1.807) is 24.6 Å². The van der Waals surface area contributed by atoms with Crippen LogP contribution in [0.2, 0.25) is 0 Å². The summed E-state index contributed by atoms with van der Waals surface area (Å²) in [6.07, 6.45) is 22.0. The predicted octanol–water partition coefficient (Wildman–Crippen LogP) is 13.1. The molecule has 0 saturated heterocycles. The molecular formula is C48H64N2O6. The highest BCUT2D eigenvalue weighted by atomic mass is 16.5. The van der Waals surface area contributed by atoms with Gasteiger partial charge in [0, 0.05) is 35.7 Å². The number of hydrogen-bond donors (Lipinski definition) is 2. The fraction of sp³-hybridized carbons (Fsp3) is 0.458. The highest BCUT2D eigenvalue weighted by Crippen LogP contribution is 2.26. The van der Waals surface area contributed by atoms with Gasteiger partial charge in [0.1, 0.15) is 34.5 Å². The molecule has 0 aliphatic heterocycles. The van der Waals surface area contributed by atoms with Crippen LogP contribution in [-0.4, -0.2) is 49.1 Å². The highest BCUT2D eigenvalue weighted by molar-refractivity contribution is 5.86. The molecule has 0 fully saturated rings. The van der Waals surface area contributed by atoms with Crippen molar-refractivity contribution in [3.05, 3.63) is 96.1 Å². The molecule has 0 aliphatic rings. The van der Waals surface area contributed by atoms with E-state index in [4.69, 9.17) is 18.9 Å². The fourth-order valence-corrected chi connectivity index (χ4v) is 6.07. The Morgan fingerprint density at radius 2 is 0.696 bits per heavy atom. The van der Waals surface area contributed by atoms with Crippen molar-refractivity contribution in [3.63, 3.8) is 0 Å². The first kappa shape index (κ1) is 43.7. The molecule has 0 saturated carbocycles. The lowest BCUT2D eigenvalue weighted by atomic mass is 10.1. The summed E-state index contributed by atoms with van der Waals surface area (Å²) in [5.41, 5.74) is 2.86. The van der Waals surface area contributed by atoms with Gasteiger partial charge >= 0.3 is 0 Å². The summed E-state index contributed by atoms with van der Waals surface area (Å²) in [6.45, 7) is 7.09. The van der Waals surface area contributed by atoms with E-state index in [0.717, 1.165) is 61.4 Å². The minimum absolute atomic E-state index is 0.154. The highest BCUT2D eigenvalue weighted by Gasteiger charge is 2.05. The zero-order valence-electron chi connectivity index (χ0n) is 33.8. The van der Waals surface area contributed by atoms with Gasteiger partial charge in [-0.25, -0.2) is 0 Å². The number of aromatic hydroxyl groups is 2. The zero-order valence-corrected chi connectivity index (χ0v) is 33.8. The van der Waals surface area contributed by atoms with E-state index in [0.29, 0.717) is 49.1 Å². The zero-order chi connectivity index (χ0) is 39.5. The van der Waals surface area contributed by atoms with E-state index >= 15 is 0 Å². The van der Waals surface area contributed by atoms with Gasteiger partial charge in [0.15, 0.2) is 0 Å². The third-order valence-corrected chi connectivity index (χ3v) is 9.49. The summed E-state index contributed by atoms with van der Waals surface area (Å²) in [7, 11) is 0. The van der Waals surface area contributed by atoms with Crippen molar-refractivity contribution in [1.82, 2.24) is 0 Å². The predicted molar refractivity (Wildman–Crippen MR) is 231 cm³/mol. The van der Waals surface area contributed by atoms with E-state index in [-0.39, 0.29) is 11.5 Å². The number of nitrogens with zero attached hydrogens (tertiary/aromatic N) is 2. The average molecular weight is 765 g/mol. The molecule has 0 amide bonds. The maximum Gasteiger partial charge on any atom is 0.128 e. The molecule has 0 spiro atoms. The number of aliphatic imine (C=N–C) groups is 2. The Kier molecular flexibility index (Phi) is 20.9. The number of ether oxygens (including phenoxy) is 4. The molecule has 8 nitrogen and oxygen atoms in total. The van der Waals surface area contributed by atoms with Crippen LogP contribution in [0.25, 0.3) is 0 Å². The third-order valence-electron chi connectivity index (χ3n) is 9.49. The van der Waals surface area contributed by atoms with E-state index in [1.165, 1.54) is 64.2 Å². The molecule has 56 heavy (non-hydrogen) atoms. The Balaban J connectivity index is 1.04. The summed E-state index contributed by atoms with van der Waals surface area (Å²) < 4.78 is 23.5. The van der Waals surface area contributed by atoms with Crippen LogP contribution < -0.4 is 18.9 Å². The molecule has 0 heterocycles. The lowest BCUT2D eigenvalue weighted by molar-refractivity contribution is 0.287. The Morgan fingerprint density at radius 1 is 0.393 bits per heavy atom. The van der Waals surface area contributed by atoms with Gasteiger partial charge in [0.25, 0.3) is 0 Å². The first-order chi connectivity index (χ1) is 27.5. The second-order valence-corrected chi connectivity index (χ2v) is 14.3. The van der Waals surface area contributed by atoms with Gasteiger partial charge in [0.2, 0.25) is 0 Å². The largest absolute Gasteiger partial charge is 0.507 e. The molecule has 0 unspecified atom stereocenters. The summed E-state index contributed by atoms with van der Waals surface area (Å²) in [4.78, 5) is 9.03. The molecule has 4 aromatic carbocycles. The van der Waals surface area contributed by atoms with Crippen molar-refractivity contribution in [3.8, 4) is 34.5 Å². The van der Waals surface area contributed by atoms with Gasteiger partial charge in [0.05, 0.1) is 37.8 Å². The Labute approximate surface area is 335 Å². The van der Waals surface area contributed by atoms with Gasteiger partial charge in [-0.1, -0.05) is 78.1 Å². The first-order valence-corrected chi connectivity index (χ1v) is 21.0. The number of phenols is 2. The lowest BCUT2D eigenvalue weighted by Gasteiger charge is -2.08. The number of phenolic OH excluding ortho intramolecular Hbond substituents is 2. The molecule has 0 aromatic heterocycles. The Morgan fingerprint density at radius 3 is 1.04 bits per heavy atom. The first-order valence-electron chi connectivity index (χ1n) is 21.0. The van der Waals surface area contributed by atoms with Crippen LogP contribution in [0.4, 0.5) is 11.4 Å². The molecule has 0 bridgehead atoms. The fourth-order valence-electron chi connectivity index (χ4n) is 6.07. The summed E-state index contributed by atoms with van der Waals surface area (Å²) in [5, 5.41) is 20.9. The normalized spacial score (nSPS) is 11.4. The second kappa shape index (κ2) is 26.8. The maximum absolute atomic E-state index is 10.4. The van der Waals surface area contributed by atoms with E-state index in [9.17, 15) is 10.2 Å². The number of rotatable bonds is 29. The van der Waals surface area contributed by atoms with Crippen LogP contribution in [0.3, 0.4) is 0 Å². The number of hydrogen-bond acceptors (Lipinski definition) is 8. The van der Waals surface area contributed by atoms with Crippen LogP contribution in [0.15, 0.2) is 94.9 Å². The van der Waals surface area contributed by atoms with Crippen molar-refractivity contribution in [2.24, 2.45) is 9.98 Å². The number of unbranched alkanes of at least 4 members (excludes halogenated alkanes) is 13. The van der Waals surface area contributed by atoms with Gasteiger partial charge in [-0.2, -0.15) is 0 Å². The topological polar surface area (TPSA) is 102 Å². The third kappa shape index (κ3) is 17.7. The average Bonchev–Trinajstić information content (AvgIpc) is 3.21. The van der Waals surface area contributed by atoms with Crippen molar-refractivity contribution in [2.45, 2.75) is 117 Å². The van der Waals surface area contributed by atoms with Crippen molar-refractivity contribution >= 4 is 23.8 Å². The smallest absolute Gasteiger partial charge is 0.128 e. The molecule has 302 valence electrons. The van der Waals surface area contributed by atoms with Crippen molar-refractivity contribution in [2.75, 3.05) is 26.4 Å². The molecule has 0 atom stereocenters. The van der Waals surface area contributed by atoms with Gasteiger partial charge in [-0.3, -0.25) is 9.98 Å². The summed E-state index contributed by atoms with van der Waals surface area (Å²) in [6, 6.07) is 26.0. The van der Waals surface area contributed by atoms with Crippen molar-refractivity contribution < 1.29 is 29.2 Å². The Hall–Kier alpha value is -4.98. The van der Waals surface area contributed by atoms with Gasteiger partial charge in [-0.05, 0) is 111 Å². The molecule has 2 N–H and O–H groups in total. The Bertz CT molecular complexity index is 1580. The quantitative estimate of drug-likeness (QED) is 0.0422. The second-order valence-electron chi connectivity index (χ2n) is 14.3. The summed E-state index contributed by atoms with van der Waals surface area (Å²) in [5.74, 6) is 3.29. The summed E-state index contributed by atoms with van der Waals surface area (Å²) >= 11 is 0. The lowest BCUT2D eigenvalue weighted by Crippen LogP contribution is -1.99. The molecule has 0 radical (unpaired) electrons. The molecule has 0 aliphatic carbocycles. The molecular weight excluding hydrogens is 701 g/mol.